The lowest BCUT2D eigenvalue weighted by Gasteiger charge is -2.28. The molecule has 0 saturated carbocycles. The van der Waals surface area contributed by atoms with Crippen LogP contribution in [0.25, 0.3) is 11.1 Å². The Balaban J connectivity index is 1.59. The second-order valence-corrected chi connectivity index (χ2v) is 8.24. The Hall–Kier alpha value is -3.23. The van der Waals surface area contributed by atoms with Crippen LogP contribution in [0.3, 0.4) is 0 Å². The smallest absolute Gasteiger partial charge is 0.264 e. The van der Waals surface area contributed by atoms with Crippen LogP contribution in [0.4, 0.5) is 20.3 Å². The van der Waals surface area contributed by atoms with Gasteiger partial charge in [-0.1, -0.05) is 0 Å². The van der Waals surface area contributed by atoms with E-state index < -0.39 is 6.43 Å². The second-order valence-electron chi connectivity index (χ2n) is 8.24. The van der Waals surface area contributed by atoms with Gasteiger partial charge in [0.2, 0.25) is 5.91 Å². The fourth-order valence-electron chi connectivity index (χ4n) is 4.72. The molecule has 1 amide bonds. The molecular weight excluding hydrogens is 402 g/mol. The van der Waals surface area contributed by atoms with Crippen molar-refractivity contribution in [2.45, 2.75) is 32.7 Å². The van der Waals surface area contributed by atoms with Crippen molar-refractivity contribution < 1.29 is 13.6 Å². The number of alkyl halides is 2. The van der Waals surface area contributed by atoms with E-state index in [1.54, 1.807) is 42.0 Å². The number of benzene rings is 1. The van der Waals surface area contributed by atoms with Gasteiger partial charge < -0.3 is 9.80 Å². The Bertz CT molecular complexity index is 1180. The molecule has 162 valence electrons. The van der Waals surface area contributed by atoms with Crippen LogP contribution in [0.2, 0.25) is 0 Å². The lowest BCUT2D eigenvalue weighted by Crippen LogP contribution is -2.35. The molecule has 0 fully saturated rings. The number of amides is 1. The predicted octanol–water partition coefficient (Wildman–Crippen LogP) is 3.36. The van der Waals surface area contributed by atoms with Crippen LogP contribution in [-0.4, -0.2) is 43.5 Å². The monoisotopic (exact) mass is 426 g/mol. The summed E-state index contributed by atoms with van der Waals surface area (Å²) in [7, 11) is 3.67. The van der Waals surface area contributed by atoms with E-state index in [2.05, 4.69) is 5.10 Å². The fourth-order valence-corrected chi connectivity index (χ4v) is 4.72. The Labute approximate surface area is 178 Å². The summed E-state index contributed by atoms with van der Waals surface area (Å²) < 4.78 is 31.5. The van der Waals surface area contributed by atoms with Crippen molar-refractivity contribution in [3.8, 4) is 11.1 Å². The van der Waals surface area contributed by atoms with E-state index in [-0.39, 0.29) is 11.5 Å². The topological polar surface area (TPSA) is 59.2 Å². The third kappa shape index (κ3) is 3.19. The summed E-state index contributed by atoms with van der Waals surface area (Å²) in [4.78, 5) is 15.8. The Morgan fingerprint density at radius 2 is 1.97 bits per heavy atom. The summed E-state index contributed by atoms with van der Waals surface area (Å²) in [6, 6.07) is 3.47. The van der Waals surface area contributed by atoms with Crippen molar-refractivity contribution in [2.75, 3.05) is 18.0 Å². The number of aromatic nitrogens is 4. The molecule has 31 heavy (non-hydrogen) atoms. The largest absolute Gasteiger partial charge is 0.338 e. The molecule has 4 heterocycles. The van der Waals surface area contributed by atoms with Gasteiger partial charge in [-0.15, -0.1) is 0 Å². The summed E-state index contributed by atoms with van der Waals surface area (Å²) in [5.74, 6) is 0.792. The highest BCUT2D eigenvalue weighted by molar-refractivity contribution is 5.79. The van der Waals surface area contributed by atoms with Gasteiger partial charge in [0.05, 0.1) is 12.7 Å². The Morgan fingerprint density at radius 3 is 2.65 bits per heavy atom. The number of aryl methyl sites for hydroxylation is 2. The van der Waals surface area contributed by atoms with E-state index in [0.29, 0.717) is 30.8 Å². The molecule has 0 bridgehead atoms. The lowest BCUT2D eigenvalue weighted by molar-refractivity contribution is -0.129. The minimum atomic E-state index is -2.60. The summed E-state index contributed by atoms with van der Waals surface area (Å²) in [6.45, 7) is 3.40. The third-order valence-electron chi connectivity index (χ3n) is 6.32. The van der Waals surface area contributed by atoms with E-state index in [1.807, 2.05) is 22.7 Å². The molecule has 3 aromatic rings. The van der Waals surface area contributed by atoms with Crippen LogP contribution >= 0.6 is 0 Å². The van der Waals surface area contributed by atoms with Crippen molar-refractivity contribution in [3.63, 3.8) is 0 Å². The number of hydrogen-bond donors (Lipinski definition) is 0. The quantitative estimate of drug-likeness (QED) is 0.645. The van der Waals surface area contributed by atoms with Crippen molar-refractivity contribution in [2.24, 2.45) is 14.1 Å². The third-order valence-corrected chi connectivity index (χ3v) is 6.32. The van der Waals surface area contributed by atoms with Gasteiger partial charge >= 0.3 is 0 Å². The number of halogens is 2. The van der Waals surface area contributed by atoms with Gasteiger partial charge in [-0.3, -0.25) is 14.2 Å². The standard InChI is InChI=1S/C22H24F2N6O/c1-13(31)29-6-5-19-18(12-29)22(26-28(19)3)30-7-4-14-8-16(15-10-25-27(2)11-15)17(21(23)24)9-20(14)30/h8-11,21H,4-7,12H2,1-3H3. The zero-order valence-corrected chi connectivity index (χ0v) is 17.8. The van der Waals surface area contributed by atoms with Crippen LogP contribution in [0.1, 0.15) is 35.7 Å². The number of hydrogen-bond acceptors (Lipinski definition) is 4. The Morgan fingerprint density at radius 1 is 1.16 bits per heavy atom. The summed E-state index contributed by atoms with van der Waals surface area (Å²) >= 11 is 0. The van der Waals surface area contributed by atoms with E-state index in [4.69, 9.17) is 5.10 Å². The number of nitrogens with zero attached hydrogens (tertiary/aromatic N) is 6. The average molecular weight is 426 g/mol. The zero-order valence-electron chi connectivity index (χ0n) is 17.8. The molecular formula is C22H24F2N6O. The summed E-state index contributed by atoms with van der Waals surface area (Å²) in [5, 5.41) is 8.87. The number of carbonyl (C=O) groups excluding carboxylic acids is 1. The van der Waals surface area contributed by atoms with Gasteiger partial charge in [-0.25, -0.2) is 8.78 Å². The molecule has 0 saturated heterocycles. The van der Waals surface area contributed by atoms with Crippen LogP contribution < -0.4 is 4.90 Å². The SMILES string of the molecule is CC(=O)N1CCc2c(c(N3CCc4cc(-c5cnn(C)c5)c(C(F)F)cc43)nn2C)C1. The minimum Gasteiger partial charge on any atom is -0.338 e. The van der Waals surface area contributed by atoms with Gasteiger partial charge in [-0.2, -0.15) is 10.2 Å². The first-order chi connectivity index (χ1) is 14.8. The highest BCUT2D eigenvalue weighted by Crippen LogP contribution is 2.43. The van der Waals surface area contributed by atoms with E-state index in [0.717, 1.165) is 41.2 Å². The number of anilines is 2. The van der Waals surface area contributed by atoms with Crippen molar-refractivity contribution in [1.29, 1.82) is 0 Å². The average Bonchev–Trinajstić information content (AvgIpc) is 3.43. The number of carbonyl (C=O) groups is 1. The zero-order chi connectivity index (χ0) is 21.9. The van der Waals surface area contributed by atoms with Gasteiger partial charge in [0.1, 0.15) is 0 Å². The number of rotatable bonds is 3. The van der Waals surface area contributed by atoms with Crippen LogP contribution in [0.15, 0.2) is 24.5 Å². The maximum absolute atomic E-state index is 14.0. The molecule has 9 heteroatoms. The van der Waals surface area contributed by atoms with E-state index in [1.165, 1.54) is 0 Å². The minimum absolute atomic E-state index is 0.00573. The molecule has 0 spiro atoms. The van der Waals surface area contributed by atoms with Crippen LogP contribution in [0.5, 0.6) is 0 Å². The van der Waals surface area contributed by atoms with E-state index >= 15 is 0 Å². The molecule has 1 aromatic carbocycles. The second kappa shape index (κ2) is 7.18. The molecule has 0 N–H and O–H groups in total. The summed E-state index contributed by atoms with van der Waals surface area (Å²) in [5.41, 5.74) is 5.09. The first-order valence-corrected chi connectivity index (χ1v) is 10.3. The first kappa shape index (κ1) is 19.7. The van der Waals surface area contributed by atoms with Gasteiger partial charge in [0.25, 0.3) is 6.43 Å². The lowest BCUT2D eigenvalue weighted by atomic mass is 9.98. The summed E-state index contributed by atoms with van der Waals surface area (Å²) in [6.07, 6.45) is 2.25. The van der Waals surface area contributed by atoms with Crippen molar-refractivity contribution in [1.82, 2.24) is 24.5 Å². The van der Waals surface area contributed by atoms with Gasteiger partial charge in [0.15, 0.2) is 5.82 Å². The molecule has 0 atom stereocenters. The highest BCUT2D eigenvalue weighted by Gasteiger charge is 2.32. The molecule has 7 nitrogen and oxygen atoms in total. The predicted molar refractivity (Wildman–Crippen MR) is 112 cm³/mol. The molecule has 0 aliphatic carbocycles. The molecule has 0 unspecified atom stereocenters. The van der Waals surface area contributed by atoms with Crippen LogP contribution in [-0.2, 0) is 38.3 Å². The van der Waals surface area contributed by atoms with Gasteiger partial charge in [-0.05, 0) is 29.7 Å². The van der Waals surface area contributed by atoms with Gasteiger partial charge in [0, 0.05) is 74.8 Å². The molecule has 5 rings (SSSR count). The normalized spacial score (nSPS) is 15.5. The highest BCUT2D eigenvalue weighted by atomic mass is 19.3. The molecule has 0 radical (unpaired) electrons. The molecule has 2 aliphatic heterocycles. The maximum atomic E-state index is 14.0. The van der Waals surface area contributed by atoms with Crippen LogP contribution in [0, 0.1) is 0 Å². The van der Waals surface area contributed by atoms with Crippen molar-refractivity contribution >= 4 is 17.4 Å². The van der Waals surface area contributed by atoms with E-state index in [9.17, 15) is 13.6 Å². The Kier molecular flexibility index (Phi) is 4.56. The fraction of sp³-hybridized carbons (Fsp3) is 0.409. The first-order valence-electron chi connectivity index (χ1n) is 10.3. The molecule has 2 aliphatic rings. The van der Waals surface area contributed by atoms with Crippen molar-refractivity contribution in [3.05, 3.63) is 46.9 Å². The number of fused-ring (bicyclic) bond motifs is 2. The maximum Gasteiger partial charge on any atom is 0.264 e. The molecule has 2 aromatic heterocycles.